The monoisotopic (exact) mass is 218 g/mol. The SMILES string of the molecule is Cc1ccc2oc(C(=O)C(C)(C)O)cc2c1. The average molecular weight is 218 g/mol. The average Bonchev–Trinajstić information content (AvgIpc) is 2.57. The summed E-state index contributed by atoms with van der Waals surface area (Å²) in [7, 11) is 0. The quantitative estimate of drug-likeness (QED) is 0.788. The van der Waals surface area contributed by atoms with Crippen LogP contribution in [0.2, 0.25) is 0 Å². The molecule has 0 fully saturated rings. The van der Waals surface area contributed by atoms with Crippen molar-refractivity contribution in [1.29, 1.82) is 0 Å². The number of benzene rings is 1. The fourth-order valence-corrected chi connectivity index (χ4v) is 1.58. The van der Waals surface area contributed by atoms with Crippen molar-refractivity contribution in [2.45, 2.75) is 26.4 Å². The zero-order valence-electron chi connectivity index (χ0n) is 9.57. The minimum Gasteiger partial charge on any atom is -0.453 e. The summed E-state index contributed by atoms with van der Waals surface area (Å²) in [4.78, 5) is 11.8. The molecule has 0 saturated heterocycles. The van der Waals surface area contributed by atoms with Crippen molar-refractivity contribution >= 4 is 16.8 Å². The van der Waals surface area contributed by atoms with Gasteiger partial charge in [0, 0.05) is 5.39 Å². The molecule has 1 N–H and O–H groups in total. The van der Waals surface area contributed by atoms with Gasteiger partial charge in [-0.1, -0.05) is 11.6 Å². The first-order valence-electron chi connectivity index (χ1n) is 5.15. The number of aliphatic hydroxyl groups is 1. The largest absolute Gasteiger partial charge is 0.453 e. The van der Waals surface area contributed by atoms with Crippen molar-refractivity contribution in [3.8, 4) is 0 Å². The third-order valence-electron chi connectivity index (χ3n) is 2.45. The number of hydrogen-bond acceptors (Lipinski definition) is 3. The standard InChI is InChI=1S/C13H14O3/c1-8-4-5-10-9(6-8)7-11(16-10)12(14)13(2,3)15/h4-7,15H,1-3H3. The molecule has 0 amide bonds. The second-order valence-corrected chi connectivity index (χ2v) is 4.54. The Labute approximate surface area is 93.7 Å². The molecule has 0 aliphatic heterocycles. The number of furan rings is 1. The minimum atomic E-state index is -1.40. The summed E-state index contributed by atoms with van der Waals surface area (Å²) in [5, 5.41) is 10.5. The molecule has 2 aromatic rings. The lowest BCUT2D eigenvalue weighted by Crippen LogP contribution is -2.30. The Morgan fingerprint density at radius 2 is 2.00 bits per heavy atom. The summed E-state index contributed by atoms with van der Waals surface area (Å²) in [6, 6.07) is 7.36. The van der Waals surface area contributed by atoms with Gasteiger partial charge in [-0.25, -0.2) is 0 Å². The maximum absolute atomic E-state index is 11.8. The fraction of sp³-hybridized carbons (Fsp3) is 0.308. The van der Waals surface area contributed by atoms with Gasteiger partial charge in [0.1, 0.15) is 11.2 Å². The van der Waals surface area contributed by atoms with Gasteiger partial charge >= 0.3 is 0 Å². The first kappa shape index (κ1) is 10.9. The first-order chi connectivity index (χ1) is 7.38. The van der Waals surface area contributed by atoms with E-state index in [2.05, 4.69) is 0 Å². The van der Waals surface area contributed by atoms with Crippen LogP contribution in [0, 0.1) is 6.92 Å². The van der Waals surface area contributed by atoms with Crippen molar-refractivity contribution in [3.05, 3.63) is 35.6 Å². The second-order valence-electron chi connectivity index (χ2n) is 4.54. The predicted octanol–water partition coefficient (Wildman–Crippen LogP) is 2.69. The minimum absolute atomic E-state index is 0.202. The van der Waals surface area contributed by atoms with Gasteiger partial charge in [-0.3, -0.25) is 4.79 Å². The van der Waals surface area contributed by atoms with Crippen LogP contribution in [0.1, 0.15) is 30.0 Å². The predicted molar refractivity (Wildman–Crippen MR) is 61.6 cm³/mol. The highest BCUT2D eigenvalue weighted by molar-refractivity contribution is 6.02. The highest BCUT2D eigenvalue weighted by Gasteiger charge is 2.28. The zero-order chi connectivity index (χ0) is 11.9. The molecule has 0 aliphatic rings. The summed E-state index contributed by atoms with van der Waals surface area (Å²) < 4.78 is 5.40. The molecule has 1 aromatic heterocycles. The molecular weight excluding hydrogens is 204 g/mol. The summed E-state index contributed by atoms with van der Waals surface area (Å²) in [5.74, 6) is -0.200. The van der Waals surface area contributed by atoms with E-state index in [9.17, 15) is 9.90 Å². The van der Waals surface area contributed by atoms with Crippen LogP contribution in [0.25, 0.3) is 11.0 Å². The normalized spacial score (nSPS) is 12.0. The number of rotatable bonds is 2. The van der Waals surface area contributed by atoms with Crippen molar-refractivity contribution in [3.63, 3.8) is 0 Å². The lowest BCUT2D eigenvalue weighted by atomic mass is 10.0. The van der Waals surface area contributed by atoms with E-state index < -0.39 is 11.4 Å². The molecule has 1 aromatic carbocycles. The Morgan fingerprint density at radius 1 is 1.31 bits per heavy atom. The molecule has 1 heterocycles. The molecule has 0 bridgehead atoms. The smallest absolute Gasteiger partial charge is 0.228 e. The fourth-order valence-electron chi connectivity index (χ4n) is 1.58. The van der Waals surface area contributed by atoms with Crippen LogP contribution >= 0.6 is 0 Å². The summed E-state index contributed by atoms with van der Waals surface area (Å²) in [6.07, 6.45) is 0. The lowest BCUT2D eigenvalue weighted by Gasteiger charge is -2.12. The van der Waals surface area contributed by atoms with Gasteiger partial charge in [0.25, 0.3) is 0 Å². The van der Waals surface area contributed by atoms with Crippen LogP contribution < -0.4 is 0 Å². The van der Waals surface area contributed by atoms with E-state index in [0.717, 1.165) is 10.9 Å². The van der Waals surface area contributed by atoms with E-state index in [-0.39, 0.29) is 5.76 Å². The van der Waals surface area contributed by atoms with E-state index in [1.807, 2.05) is 25.1 Å². The molecule has 0 unspecified atom stereocenters. The number of hydrogen-bond donors (Lipinski definition) is 1. The Hall–Kier alpha value is -1.61. The Morgan fingerprint density at radius 3 is 2.62 bits per heavy atom. The van der Waals surface area contributed by atoms with Gasteiger partial charge in [-0.15, -0.1) is 0 Å². The van der Waals surface area contributed by atoms with Gasteiger partial charge in [0.05, 0.1) is 0 Å². The number of fused-ring (bicyclic) bond motifs is 1. The van der Waals surface area contributed by atoms with Crippen molar-refractivity contribution < 1.29 is 14.3 Å². The van der Waals surface area contributed by atoms with Crippen LogP contribution in [-0.4, -0.2) is 16.5 Å². The number of ketones is 1. The van der Waals surface area contributed by atoms with Crippen LogP contribution in [0.4, 0.5) is 0 Å². The molecule has 0 atom stereocenters. The van der Waals surface area contributed by atoms with Crippen LogP contribution in [0.5, 0.6) is 0 Å². The molecule has 3 heteroatoms. The number of carbonyl (C=O) groups excluding carboxylic acids is 1. The third-order valence-corrected chi connectivity index (χ3v) is 2.45. The summed E-state index contributed by atoms with van der Waals surface area (Å²) in [6.45, 7) is 4.88. The van der Waals surface area contributed by atoms with E-state index in [1.54, 1.807) is 6.07 Å². The molecular formula is C13H14O3. The maximum Gasteiger partial charge on any atom is 0.228 e. The molecule has 0 spiro atoms. The third kappa shape index (κ3) is 1.86. The van der Waals surface area contributed by atoms with E-state index >= 15 is 0 Å². The Bertz CT molecular complexity index is 544. The molecule has 0 aliphatic carbocycles. The number of Topliss-reactive ketones (excluding diaryl/α,β-unsaturated/α-hetero) is 1. The highest BCUT2D eigenvalue weighted by Crippen LogP contribution is 2.23. The van der Waals surface area contributed by atoms with Gasteiger partial charge in [-0.05, 0) is 39.0 Å². The number of aryl methyl sites for hydroxylation is 1. The topological polar surface area (TPSA) is 50.4 Å². The molecule has 3 nitrogen and oxygen atoms in total. The molecule has 0 saturated carbocycles. The molecule has 2 rings (SSSR count). The van der Waals surface area contributed by atoms with Crippen LogP contribution in [0.3, 0.4) is 0 Å². The molecule has 0 radical (unpaired) electrons. The highest BCUT2D eigenvalue weighted by atomic mass is 16.4. The van der Waals surface area contributed by atoms with E-state index in [4.69, 9.17) is 4.42 Å². The van der Waals surface area contributed by atoms with Gasteiger partial charge in [0.15, 0.2) is 5.76 Å². The summed E-state index contributed by atoms with van der Waals surface area (Å²) in [5.41, 5.74) is 0.372. The van der Waals surface area contributed by atoms with Gasteiger partial charge < -0.3 is 9.52 Å². The Kier molecular flexibility index (Phi) is 2.35. The lowest BCUT2D eigenvalue weighted by molar-refractivity contribution is 0.0461. The van der Waals surface area contributed by atoms with Gasteiger partial charge in [-0.2, -0.15) is 0 Å². The van der Waals surface area contributed by atoms with Crippen molar-refractivity contribution in [2.75, 3.05) is 0 Å². The van der Waals surface area contributed by atoms with Crippen molar-refractivity contribution in [1.82, 2.24) is 0 Å². The number of carbonyl (C=O) groups is 1. The Balaban J connectivity index is 2.52. The first-order valence-corrected chi connectivity index (χ1v) is 5.15. The van der Waals surface area contributed by atoms with E-state index in [0.29, 0.717) is 5.58 Å². The summed E-state index contributed by atoms with van der Waals surface area (Å²) >= 11 is 0. The molecule has 16 heavy (non-hydrogen) atoms. The van der Waals surface area contributed by atoms with Crippen LogP contribution in [0.15, 0.2) is 28.7 Å². The molecule has 84 valence electrons. The van der Waals surface area contributed by atoms with Gasteiger partial charge in [0.2, 0.25) is 5.78 Å². The second kappa shape index (κ2) is 3.46. The van der Waals surface area contributed by atoms with Crippen LogP contribution in [-0.2, 0) is 0 Å². The van der Waals surface area contributed by atoms with E-state index in [1.165, 1.54) is 13.8 Å². The maximum atomic E-state index is 11.8. The zero-order valence-corrected chi connectivity index (χ0v) is 9.57. The van der Waals surface area contributed by atoms with Crippen molar-refractivity contribution in [2.24, 2.45) is 0 Å².